The smallest absolute Gasteiger partial charge is 0.293 e. The molecule has 0 aromatic carbocycles. The Labute approximate surface area is 107 Å². The van der Waals surface area contributed by atoms with Crippen molar-refractivity contribution in [3.63, 3.8) is 0 Å². The highest BCUT2D eigenvalue weighted by Gasteiger charge is 2.14. The van der Waals surface area contributed by atoms with Gasteiger partial charge in [0.2, 0.25) is 0 Å². The molecule has 0 spiro atoms. The lowest BCUT2D eigenvalue weighted by Gasteiger charge is -2.21. The quantitative estimate of drug-likeness (QED) is 0.790. The Bertz CT molecular complexity index is 431. The van der Waals surface area contributed by atoms with Gasteiger partial charge in [-0.25, -0.2) is 4.98 Å². The Kier molecular flexibility index (Phi) is 5.30. The molecule has 1 N–H and O–H groups in total. The van der Waals surface area contributed by atoms with Crippen molar-refractivity contribution in [3.05, 3.63) is 22.7 Å². The van der Waals surface area contributed by atoms with Gasteiger partial charge in [-0.05, 0) is 13.8 Å². The van der Waals surface area contributed by atoms with E-state index in [0.717, 1.165) is 0 Å². The van der Waals surface area contributed by atoms with Crippen LogP contribution in [-0.2, 0) is 4.74 Å². The molecule has 0 aliphatic carbocycles. The lowest BCUT2D eigenvalue weighted by molar-refractivity contribution is 0.0694. The van der Waals surface area contributed by atoms with Crippen LogP contribution in [0.1, 0.15) is 19.9 Å². The maximum absolute atomic E-state index is 12.1. The number of anilines is 1. The number of aromatic nitrogens is 2. The standard InChI is InChI=1S/C12H21N3O3/c1-9(2)15-6-5-13-11(12(15)17)14(3)7-10(16)8-18-4/h5-6,9-10,16H,7-8H2,1-4H3. The molecule has 6 heteroatoms. The maximum atomic E-state index is 12.1. The summed E-state index contributed by atoms with van der Waals surface area (Å²) >= 11 is 0. The molecule has 0 saturated heterocycles. The zero-order valence-electron chi connectivity index (χ0n) is 11.3. The van der Waals surface area contributed by atoms with Crippen LogP contribution in [0.5, 0.6) is 0 Å². The van der Waals surface area contributed by atoms with Gasteiger partial charge < -0.3 is 19.3 Å². The van der Waals surface area contributed by atoms with E-state index >= 15 is 0 Å². The minimum absolute atomic E-state index is 0.0801. The number of ether oxygens (including phenoxy) is 1. The van der Waals surface area contributed by atoms with Crippen LogP contribution in [0.3, 0.4) is 0 Å². The van der Waals surface area contributed by atoms with E-state index in [0.29, 0.717) is 12.4 Å². The summed E-state index contributed by atoms with van der Waals surface area (Å²) in [7, 11) is 3.25. The lowest BCUT2D eigenvalue weighted by Crippen LogP contribution is -2.37. The lowest BCUT2D eigenvalue weighted by atomic mass is 10.3. The van der Waals surface area contributed by atoms with Crippen LogP contribution >= 0.6 is 0 Å². The van der Waals surface area contributed by atoms with Gasteiger partial charge in [-0.1, -0.05) is 0 Å². The summed E-state index contributed by atoms with van der Waals surface area (Å²) in [5, 5.41) is 9.65. The summed E-state index contributed by atoms with van der Waals surface area (Å²) in [5.74, 6) is 0.335. The molecule has 1 atom stereocenters. The van der Waals surface area contributed by atoms with E-state index in [1.54, 1.807) is 28.9 Å². The Morgan fingerprint density at radius 2 is 2.22 bits per heavy atom. The third-order valence-electron chi connectivity index (χ3n) is 2.61. The van der Waals surface area contributed by atoms with E-state index in [2.05, 4.69) is 4.98 Å². The van der Waals surface area contributed by atoms with Gasteiger partial charge in [0.25, 0.3) is 5.56 Å². The molecule has 102 valence electrons. The molecule has 18 heavy (non-hydrogen) atoms. The van der Waals surface area contributed by atoms with Gasteiger partial charge in [0.05, 0.1) is 12.7 Å². The molecule has 0 aliphatic rings. The predicted octanol–water partition coefficient (Wildman–Crippen LogP) is 0.268. The zero-order chi connectivity index (χ0) is 13.7. The van der Waals surface area contributed by atoms with Crippen molar-refractivity contribution in [3.8, 4) is 0 Å². The number of nitrogens with zero attached hydrogens (tertiary/aromatic N) is 3. The first-order valence-electron chi connectivity index (χ1n) is 5.92. The molecule has 1 aromatic heterocycles. The van der Waals surface area contributed by atoms with Crippen LogP contribution in [0.15, 0.2) is 17.2 Å². The third-order valence-corrected chi connectivity index (χ3v) is 2.61. The SMILES string of the molecule is COCC(O)CN(C)c1nccn(C(C)C)c1=O. The molecule has 0 aliphatic heterocycles. The summed E-state index contributed by atoms with van der Waals surface area (Å²) in [4.78, 5) is 17.9. The second-order valence-electron chi connectivity index (χ2n) is 4.55. The Hall–Kier alpha value is -1.40. The van der Waals surface area contributed by atoms with Crippen LogP contribution in [-0.4, -0.2) is 48.1 Å². The number of aliphatic hydroxyl groups is 1. The maximum Gasteiger partial charge on any atom is 0.293 e. The van der Waals surface area contributed by atoms with Crippen molar-refractivity contribution in [1.29, 1.82) is 0 Å². The summed E-state index contributed by atoms with van der Waals surface area (Å²) in [6, 6.07) is 0.0801. The summed E-state index contributed by atoms with van der Waals surface area (Å²) < 4.78 is 6.46. The highest BCUT2D eigenvalue weighted by atomic mass is 16.5. The zero-order valence-corrected chi connectivity index (χ0v) is 11.3. The molecule has 1 aromatic rings. The van der Waals surface area contributed by atoms with E-state index in [9.17, 15) is 9.90 Å². The molecule has 0 fully saturated rings. The van der Waals surface area contributed by atoms with E-state index < -0.39 is 6.10 Å². The highest BCUT2D eigenvalue weighted by molar-refractivity contribution is 5.34. The van der Waals surface area contributed by atoms with Crippen LogP contribution in [0.25, 0.3) is 0 Å². The van der Waals surface area contributed by atoms with Crippen molar-refractivity contribution in [2.24, 2.45) is 0 Å². The second kappa shape index (κ2) is 6.51. The van der Waals surface area contributed by atoms with E-state index in [4.69, 9.17) is 4.74 Å². The van der Waals surface area contributed by atoms with E-state index in [1.807, 2.05) is 13.8 Å². The first-order chi connectivity index (χ1) is 8.47. The van der Waals surface area contributed by atoms with Crippen molar-refractivity contribution in [2.45, 2.75) is 26.0 Å². The molecule has 1 unspecified atom stereocenters. The molecular formula is C12H21N3O3. The van der Waals surface area contributed by atoms with Crippen LogP contribution in [0.4, 0.5) is 5.82 Å². The van der Waals surface area contributed by atoms with Crippen molar-refractivity contribution in [2.75, 3.05) is 32.2 Å². The number of hydrogen-bond donors (Lipinski definition) is 1. The molecule has 6 nitrogen and oxygen atoms in total. The first-order valence-corrected chi connectivity index (χ1v) is 5.92. The molecule has 1 rings (SSSR count). The summed E-state index contributed by atoms with van der Waals surface area (Å²) in [6.07, 6.45) is 2.61. The molecule has 0 amide bonds. The van der Waals surface area contributed by atoms with Crippen molar-refractivity contribution < 1.29 is 9.84 Å². The first kappa shape index (κ1) is 14.7. The average Bonchev–Trinajstić information content (AvgIpc) is 2.28. The normalized spacial score (nSPS) is 12.8. The Morgan fingerprint density at radius 3 is 2.78 bits per heavy atom. The topological polar surface area (TPSA) is 67.6 Å². The Morgan fingerprint density at radius 1 is 1.56 bits per heavy atom. The molecule has 1 heterocycles. The fourth-order valence-corrected chi connectivity index (χ4v) is 1.73. The van der Waals surface area contributed by atoms with Crippen molar-refractivity contribution >= 4 is 5.82 Å². The summed E-state index contributed by atoms with van der Waals surface area (Å²) in [5.41, 5.74) is -0.153. The van der Waals surface area contributed by atoms with Gasteiger partial charge in [0.1, 0.15) is 0 Å². The highest BCUT2D eigenvalue weighted by Crippen LogP contribution is 2.05. The van der Waals surface area contributed by atoms with Gasteiger partial charge in [-0.2, -0.15) is 0 Å². The minimum Gasteiger partial charge on any atom is -0.389 e. The number of aliphatic hydroxyl groups excluding tert-OH is 1. The summed E-state index contributed by atoms with van der Waals surface area (Å²) in [6.45, 7) is 4.41. The fourth-order valence-electron chi connectivity index (χ4n) is 1.73. The number of methoxy groups -OCH3 is 1. The predicted molar refractivity (Wildman–Crippen MR) is 70.0 cm³/mol. The number of rotatable bonds is 6. The largest absolute Gasteiger partial charge is 0.389 e. The van der Waals surface area contributed by atoms with Gasteiger partial charge >= 0.3 is 0 Å². The minimum atomic E-state index is -0.645. The molecule has 0 radical (unpaired) electrons. The molecule has 0 bridgehead atoms. The monoisotopic (exact) mass is 255 g/mol. The van der Waals surface area contributed by atoms with Gasteiger partial charge in [0.15, 0.2) is 5.82 Å². The van der Waals surface area contributed by atoms with Crippen molar-refractivity contribution in [1.82, 2.24) is 9.55 Å². The van der Waals surface area contributed by atoms with Crippen LogP contribution < -0.4 is 10.5 Å². The van der Waals surface area contributed by atoms with Gasteiger partial charge in [0, 0.05) is 39.1 Å². The molecule has 0 saturated carbocycles. The molecular weight excluding hydrogens is 234 g/mol. The number of likely N-dealkylation sites (N-methyl/N-ethyl adjacent to an activating group) is 1. The van der Waals surface area contributed by atoms with Crippen LogP contribution in [0.2, 0.25) is 0 Å². The fraction of sp³-hybridized carbons (Fsp3) is 0.667. The van der Waals surface area contributed by atoms with E-state index in [1.165, 1.54) is 7.11 Å². The van der Waals surface area contributed by atoms with Crippen LogP contribution in [0, 0.1) is 0 Å². The van der Waals surface area contributed by atoms with E-state index in [-0.39, 0.29) is 18.2 Å². The third kappa shape index (κ3) is 3.54. The van der Waals surface area contributed by atoms with Gasteiger partial charge in [-0.3, -0.25) is 4.79 Å². The average molecular weight is 255 g/mol. The second-order valence-corrected chi connectivity index (χ2v) is 4.55. The van der Waals surface area contributed by atoms with Gasteiger partial charge in [-0.15, -0.1) is 0 Å². The number of hydrogen-bond acceptors (Lipinski definition) is 5. The Balaban J connectivity index is 2.89.